The molecule has 1 atom stereocenters. The molecule has 0 aromatic carbocycles. The number of hydrogen-bond acceptors (Lipinski definition) is 4. The van der Waals surface area contributed by atoms with E-state index in [1.807, 2.05) is 0 Å². The van der Waals surface area contributed by atoms with E-state index in [1.54, 1.807) is 5.01 Å². The smallest absolute Gasteiger partial charge is 0.322 e. The molecular formula is C7H12N4O2. The third kappa shape index (κ3) is 1.02. The summed E-state index contributed by atoms with van der Waals surface area (Å²) in [6.45, 7) is 1.04. The number of nitrogens with two attached hydrogens (primary N) is 1. The first-order valence-corrected chi connectivity index (χ1v) is 4.15. The van der Waals surface area contributed by atoms with E-state index >= 15 is 0 Å². The van der Waals surface area contributed by atoms with Crippen molar-refractivity contribution in [1.29, 1.82) is 0 Å². The van der Waals surface area contributed by atoms with Gasteiger partial charge in [-0.15, -0.1) is 0 Å². The van der Waals surface area contributed by atoms with Crippen LogP contribution in [-0.2, 0) is 4.79 Å². The number of likely N-dealkylation sites (N-methyl/N-ethyl adjacent to an activating group) is 1. The molecule has 3 N–H and O–H groups in total. The minimum atomic E-state index is -0.749. The van der Waals surface area contributed by atoms with E-state index in [0.717, 1.165) is 4.90 Å². The Morgan fingerprint density at radius 2 is 2.23 bits per heavy atom. The average Bonchev–Trinajstić information content (AvgIpc) is 2.53. The Hall–Kier alpha value is -1.14. The van der Waals surface area contributed by atoms with E-state index in [9.17, 15) is 9.59 Å². The second kappa shape index (κ2) is 2.43. The lowest BCUT2D eigenvalue weighted by Gasteiger charge is -2.19. The monoisotopic (exact) mass is 184 g/mol. The molecule has 0 aromatic rings. The van der Waals surface area contributed by atoms with Gasteiger partial charge in [-0.2, -0.15) is 0 Å². The Labute approximate surface area is 75.6 Å². The summed E-state index contributed by atoms with van der Waals surface area (Å²) in [6.07, 6.45) is 0.596. The van der Waals surface area contributed by atoms with Crippen LogP contribution in [0.5, 0.6) is 0 Å². The highest BCUT2D eigenvalue weighted by atomic mass is 16.2. The number of hydrazine groups is 1. The van der Waals surface area contributed by atoms with Crippen LogP contribution < -0.4 is 11.2 Å². The van der Waals surface area contributed by atoms with Crippen molar-refractivity contribution < 1.29 is 9.59 Å². The molecule has 0 bridgehead atoms. The van der Waals surface area contributed by atoms with Crippen LogP contribution in [0, 0.1) is 0 Å². The fraction of sp³-hybridized carbons (Fsp3) is 0.714. The SMILES string of the molecule is CN1C(=O)NC2(CCN(N)C2)C1=O. The van der Waals surface area contributed by atoms with Crippen molar-refractivity contribution in [3.8, 4) is 0 Å². The molecule has 2 fully saturated rings. The highest BCUT2D eigenvalue weighted by Crippen LogP contribution is 2.25. The molecule has 0 aromatic heterocycles. The highest BCUT2D eigenvalue weighted by Gasteiger charge is 2.52. The van der Waals surface area contributed by atoms with Gasteiger partial charge < -0.3 is 5.32 Å². The third-order valence-corrected chi connectivity index (χ3v) is 2.66. The number of carbonyl (C=O) groups excluding carboxylic acids is 2. The second-order valence-corrected chi connectivity index (χ2v) is 3.60. The van der Waals surface area contributed by atoms with E-state index in [-0.39, 0.29) is 11.9 Å². The molecule has 6 heteroatoms. The molecule has 1 unspecified atom stereocenters. The van der Waals surface area contributed by atoms with Crippen molar-refractivity contribution in [3.05, 3.63) is 0 Å². The maximum absolute atomic E-state index is 11.6. The van der Waals surface area contributed by atoms with Crippen LogP contribution in [0.15, 0.2) is 0 Å². The van der Waals surface area contributed by atoms with Crippen molar-refractivity contribution in [1.82, 2.24) is 15.2 Å². The van der Waals surface area contributed by atoms with Crippen LogP contribution in [0.1, 0.15) is 6.42 Å². The first-order valence-electron chi connectivity index (χ1n) is 4.15. The summed E-state index contributed by atoms with van der Waals surface area (Å²) in [6, 6.07) is -0.333. The maximum atomic E-state index is 11.6. The second-order valence-electron chi connectivity index (χ2n) is 3.60. The zero-order valence-corrected chi connectivity index (χ0v) is 7.41. The van der Waals surface area contributed by atoms with Gasteiger partial charge in [0, 0.05) is 20.1 Å². The average molecular weight is 184 g/mol. The highest BCUT2D eigenvalue weighted by molar-refractivity contribution is 6.07. The molecule has 0 saturated carbocycles. The van der Waals surface area contributed by atoms with Crippen LogP contribution in [-0.4, -0.2) is 47.5 Å². The summed E-state index contributed by atoms with van der Waals surface area (Å²) in [7, 11) is 1.48. The predicted molar refractivity (Wildman–Crippen MR) is 44.4 cm³/mol. The van der Waals surface area contributed by atoms with Crippen molar-refractivity contribution >= 4 is 11.9 Å². The van der Waals surface area contributed by atoms with Crippen molar-refractivity contribution in [2.75, 3.05) is 20.1 Å². The molecule has 0 aliphatic carbocycles. The molecule has 2 saturated heterocycles. The van der Waals surface area contributed by atoms with Gasteiger partial charge in [-0.25, -0.2) is 9.80 Å². The zero-order chi connectivity index (χ0) is 9.64. The Morgan fingerprint density at radius 3 is 2.62 bits per heavy atom. The number of hydrogen-bond donors (Lipinski definition) is 2. The quantitative estimate of drug-likeness (QED) is 0.354. The fourth-order valence-corrected chi connectivity index (χ4v) is 1.87. The van der Waals surface area contributed by atoms with Crippen LogP contribution in [0.4, 0.5) is 4.79 Å². The minimum Gasteiger partial charge on any atom is -0.322 e. The van der Waals surface area contributed by atoms with Gasteiger partial charge >= 0.3 is 6.03 Å². The van der Waals surface area contributed by atoms with Crippen molar-refractivity contribution in [3.63, 3.8) is 0 Å². The van der Waals surface area contributed by atoms with Crippen molar-refractivity contribution in [2.24, 2.45) is 5.84 Å². The molecule has 1 spiro atoms. The third-order valence-electron chi connectivity index (χ3n) is 2.66. The molecule has 2 rings (SSSR count). The minimum absolute atomic E-state index is 0.176. The lowest BCUT2D eigenvalue weighted by Crippen LogP contribution is -2.49. The van der Waals surface area contributed by atoms with E-state index in [1.165, 1.54) is 7.05 Å². The van der Waals surface area contributed by atoms with Gasteiger partial charge in [-0.05, 0) is 6.42 Å². The number of nitrogens with one attached hydrogen (secondary N) is 1. The van der Waals surface area contributed by atoms with E-state index < -0.39 is 5.54 Å². The van der Waals surface area contributed by atoms with E-state index in [2.05, 4.69) is 5.32 Å². The standard InChI is InChI=1S/C7H12N4O2/c1-10-5(12)7(9-6(10)13)2-3-11(8)4-7/h2-4,8H2,1H3,(H,9,13). The summed E-state index contributed by atoms with van der Waals surface area (Å²) in [5, 5.41) is 4.23. The van der Waals surface area contributed by atoms with E-state index in [0.29, 0.717) is 19.5 Å². The van der Waals surface area contributed by atoms with Gasteiger partial charge in [0.1, 0.15) is 5.54 Å². The summed E-state index contributed by atoms with van der Waals surface area (Å²) < 4.78 is 0. The van der Waals surface area contributed by atoms with Gasteiger partial charge in [0.05, 0.1) is 0 Å². The molecule has 72 valence electrons. The van der Waals surface area contributed by atoms with Crippen LogP contribution in [0.3, 0.4) is 0 Å². The number of imide groups is 1. The van der Waals surface area contributed by atoms with Crippen LogP contribution in [0.25, 0.3) is 0 Å². The normalized spacial score (nSPS) is 34.8. The predicted octanol–water partition coefficient (Wildman–Crippen LogP) is -1.51. The Balaban J connectivity index is 2.26. The van der Waals surface area contributed by atoms with Crippen LogP contribution in [0.2, 0.25) is 0 Å². The lowest BCUT2D eigenvalue weighted by atomic mass is 9.99. The summed E-state index contributed by atoms with van der Waals surface area (Å²) in [4.78, 5) is 23.9. The number of urea groups is 1. The maximum Gasteiger partial charge on any atom is 0.324 e. The number of rotatable bonds is 0. The van der Waals surface area contributed by atoms with Gasteiger partial charge in [-0.3, -0.25) is 15.5 Å². The summed E-state index contributed by atoms with van der Waals surface area (Å²) in [5.41, 5.74) is -0.749. The van der Waals surface area contributed by atoms with Crippen molar-refractivity contribution in [2.45, 2.75) is 12.0 Å². The Morgan fingerprint density at radius 1 is 1.54 bits per heavy atom. The molecule has 0 radical (unpaired) electrons. The Kier molecular flexibility index (Phi) is 1.58. The summed E-state index contributed by atoms with van der Waals surface area (Å²) in [5.74, 6) is 5.38. The van der Waals surface area contributed by atoms with Gasteiger partial charge in [0.15, 0.2) is 0 Å². The summed E-state index contributed by atoms with van der Waals surface area (Å²) >= 11 is 0. The topological polar surface area (TPSA) is 78.7 Å². The Bertz CT molecular complexity index is 280. The molecular weight excluding hydrogens is 172 g/mol. The molecule has 13 heavy (non-hydrogen) atoms. The molecule has 2 heterocycles. The largest absolute Gasteiger partial charge is 0.324 e. The fourth-order valence-electron chi connectivity index (χ4n) is 1.87. The first-order chi connectivity index (χ1) is 6.05. The number of amides is 3. The number of carbonyl (C=O) groups is 2. The lowest BCUT2D eigenvalue weighted by molar-refractivity contribution is -0.130. The molecule has 2 aliphatic heterocycles. The van der Waals surface area contributed by atoms with Gasteiger partial charge in [0.25, 0.3) is 5.91 Å². The molecule has 3 amide bonds. The zero-order valence-electron chi connectivity index (χ0n) is 7.41. The van der Waals surface area contributed by atoms with Crippen LogP contribution >= 0.6 is 0 Å². The van der Waals surface area contributed by atoms with Gasteiger partial charge in [-0.1, -0.05) is 0 Å². The van der Waals surface area contributed by atoms with E-state index in [4.69, 9.17) is 5.84 Å². The molecule has 2 aliphatic rings. The first kappa shape index (κ1) is 8.46. The number of nitrogens with zero attached hydrogens (tertiary/aromatic N) is 2. The molecule has 6 nitrogen and oxygen atoms in total. The van der Waals surface area contributed by atoms with Gasteiger partial charge in [0.2, 0.25) is 0 Å².